The van der Waals surface area contributed by atoms with Gasteiger partial charge < -0.3 is 15.0 Å². The first-order valence-corrected chi connectivity index (χ1v) is 10.4. The zero-order valence-electron chi connectivity index (χ0n) is 15.9. The number of nitrogens with zero attached hydrogens (tertiary/aromatic N) is 3. The first kappa shape index (κ1) is 19.0. The molecule has 5 aliphatic rings. The highest BCUT2D eigenvalue weighted by atomic mass is 127. The van der Waals surface area contributed by atoms with Gasteiger partial charge in [-0.15, -0.1) is 24.0 Å². The van der Waals surface area contributed by atoms with E-state index < -0.39 is 0 Å². The molecule has 0 amide bonds. The Balaban J connectivity index is 0.00000168. The molecule has 1 N–H and O–H groups in total. The van der Waals surface area contributed by atoms with Gasteiger partial charge in [0.1, 0.15) is 0 Å². The van der Waals surface area contributed by atoms with Crippen molar-refractivity contribution in [3.05, 3.63) is 12.2 Å². The quantitative estimate of drug-likeness (QED) is 0.297. The summed E-state index contributed by atoms with van der Waals surface area (Å²) in [6, 6.07) is 1.27. The van der Waals surface area contributed by atoms with Crippen molar-refractivity contribution in [3.8, 4) is 0 Å². The SMILES string of the molecule is CCN=C(NC1C2CCOC2C12CCC2)N1CCC(N2CC=CC2)C1.I. The van der Waals surface area contributed by atoms with Gasteiger partial charge in [0.2, 0.25) is 0 Å². The molecule has 5 rings (SSSR count). The molecule has 26 heavy (non-hydrogen) atoms. The summed E-state index contributed by atoms with van der Waals surface area (Å²) in [4.78, 5) is 10.00. The molecule has 4 fully saturated rings. The van der Waals surface area contributed by atoms with Gasteiger partial charge in [0, 0.05) is 62.7 Å². The molecule has 3 aliphatic heterocycles. The van der Waals surface area contributed by atoms with Crippen molar-refractivity contribution in [2.75, 3.05) is 39.3 Å². The maximum Gasteiger partial charge on any atom is 0.194 e. The molecular formula is C20H33IN4O. The lowest BCUT2D eigenvalue weighted by atomic mass is 9.46. The Hall–Kier alpha value is -0.340. The van der Waals surface area contributed by atoms with Crippen LogP contribution in [0, 0.1) is 11.3 Å². The molecule has 6 heteroatoms. The number of aliphatic imine (C=N–C) groups is 1. The van der Waals surface area contributed by atoms with Crippen LogP contribution in [0.15, 0.2) is 17.1 Å². The average molecular weight is 472 g/mol. The van der Waals surface area contributed by atoms with Crippen LogP contribution in [0.3, 0.4) is 0 Å². The normalized spacial score (nSPS) is 38.0. The van der Waals surface area contributed by atoms with E-state index in [-0.39, 0.29) is 24.0 Å². The smallest absolute Gasteiger partial charge is 0.194 e. The van der Waals surface area contributed by atoms with Gasteiger partial charge in [0.25, 0.3) is 0 Å². The van der Waals surface area contributed by atoms with Gasteiger partial charge in [-0.3, -0.25) is 9.89 Å². The number of rotatable bonds is 3. The summed E-state index contributed by atoms with van der Waals surface area (Å²) < 4.78 is 6.08. The lowest BCUT2D eigenvalue weighted by Gasteiger charge is -2.63. The van der Waals surface area contributed by atoms with Crippen LogP contribution in [0.5, 0.6) is 0 Å². The molecule has 2 saturated carbocycles. The largest absolute Gasteiger partial charge is 0.377 e. The third kappa shape index (κ3) is 2.91. The Labute approximate surface area is 174 Å². The molecule has 5 nitrogen and oxygen atoms in total. The molecule has 146 valence electrons. The van der Waals surface area contributed by atoms with Gasteiger partial charge in [-0.1, -0.05) is 18.6 Å². The van der Waals surface area contributed by atoms with Crippen LogP contribution in [0.4, 0.5) is 0 Å². The number of ether oxygens (including phenoxy) is 1. The van der Waals surface area contributed by atoms with Crippen molar-refractivity contribution >= 4 is 29.9 Å². The van der Waals surface area contributed by atoms with Gasteiger partial charge in [-0.05, 0) is 32.6 Å². The number of likely N-dealkylation sites (tertiary alicyclic amines) is 1. The molecule has 0 aromatic carbocycles. The average Bonchev–Trinajstić information content (AvgIpc) is 3.29. The number of hydrogen-bond donors (Lipinski definition) is 1. The molecule has 2 saturated heterocycles. The second-order valence-corrected chi connectivity index (χ2v) is 8.56. The van der Waals surface area contributed by atoms with E-state index in [0.717, 1.165) is 39.3 Å². The summed E-state index contributed by atoms with van der Waals surface area (Å²) in [5.41, 5.74) is 0.424. The van der Waals surface area contributed by atoms with E-state index in [4.69, 9.17) is 9.73 Å². The monoisotopic (exact) mass is 472 g/mol. The van der Waals surface area contributed by atoms with E-state index in [9.17, 15) is 0 Å². The third-order valence-electron chi connectivity index (χ3n) is 7.45. The fourth-order valence-corrected chi connectivity index (χ4v) is 6.01. The first-order chi connectivity index (χ1) is 12.3. The van der Waals surface area contributed by atoms with Crippen molar-refractivity contribution in [3.63, 3.8) is 0 Å². The standard InChI is InChI=1S/C20H32N4O.HI/c1-2-21-19(24-12-6-15(14-24)23-10-3-4-11-23)22-17-16-7-13-25-18(16)20(17)8-5-9-20;/h3-4,15-18H,2,5-14H2,1H3,(H,21,22);1H. The number of guanidine groups is 1. The van der Waals surface area contributed by atoms with E-state index >= 15 is 0 Å². The Morgan fingerprint density at radius 3 is 2.77 bits per heavy atom. The summed E-state index contributed by atoms with van der Waals surface area (Å²) >= 11 is 0. The van der Waals surface area contributed by atoms with Crippen molar-refractivity contribution in [1.82, 2.24) is 15.1 Å². The Morgan fingerprint density at radius 2 is 2.08 bits per heavy atom. The lowest BCUT2D eigenvalue weighted by Crippen LogP contribution is -2.72. The van der Waals surface area contributed by atoms with E-state index in [1.165, 1.54) is 38.1 Å². The van der Waals surface area contributed by atoms with Crippen LogP contribution < -0.4 is 5.32 Å². The second kappa shape index (κ2) is 7.59. The highest BCUT2D eigenvalue weighted by Gasteiger charge is 2.66. The number of hydrogen-bond acceptors (Lipinski definition) is 3. The predicted octanol–water partition coefficient (Wildman–Crippen LogP) is 2.47. The van der Waals surface area contributed by atoms with Crippen molar-refractivity contribution in [2.24, 2.45) is 16.3 Å². The fraction of sp³-hybridized carbons (Fsp3) is 0.850. The molecule has 1 spiro atoms. The number of halogens is 1. The van der Waals surface area contributed by atoms with Gasteiger partial charge in [0.05, 0.1) is 6.10 Å². The number of fused-ring (bicyclic) bond motifs is 2. The van der Waals surface area contributed by atoms with Crippen LogP contribution >= 0.6 is 24.0 Å². The van der Waals surface area contributed by atoms with Gasteiger partial charge in [-0.25, -0.2) is 0 Å². The van der Waals surface area contributed by atoms with Crippen LogP contribution in [-0.4, -0.2) is 73.3 Å². The van der Waals surface area contributed by atoms with E-state index in [2.05, 4.69) is 34.2 Å². The fourth-order valence-electron chi connectivity index (χ4n) is 6.01. The molecule has 4 atom stereocenters. The maximum absolute atomic E-state index is 6.08. The summed E-state index contributed by atoms with van der Waals surface area (Å²) in [6.45, 7) is 8.48. The summed E-state index contributed by atoms with van der Waals surface area (Å²) in [5.74, 6) is 1.88. The summed E-state index contributed by atoms with van der Waals surface area (Å²) in [5, 5.41) is 3.93. The minimum atomic E-state index is 0. The molecule has 3 heterocycles. The molecule has 2 aliphatic carbocycles. The van der Waals surface area contributed by atoms with Crippen molar-refractivity contribution < 1.29 is 4.74 Å². The summed E-state index contributed by atoms with van der Waals surface area (Å²) in [7, 11) is 0. The molecule has 0 aromatic rings. The molecule has 4 unspecified atom stereocenters. The topological polar surface area (TPSA) is 40.1 Å². The minimum Gasteiger partial charge on any atom is -0.377 e. The van der Waals surface area contributed by atoms with E-state index in [0.29, 0.717) is 29.5 Å². The second-order valence-electron chi connectivity index (χ2n) is 8.56. The predicted molar refractivity (Wildman–Crippen MR) is 115 cm³/mol. The Bertz CT molecular complexity index is 568. The molecule has 0 aromatic heterocycles. The van der Waals surface area contributed by atoms with Crippen LogP contribution in [0.25, 0.3) is 0 Å². The van der Waals surface area contributed by atoms with Gasteiger partial charge >= 0.3 is 0 Å². The van der Waals surface area contributed by atoms with Crippen LogP contribution in [0.1, 0.15) is 39.0 Å². The minimum absolute atomic E-state index is 0. The maximum atomic E-state index is 6.08. The highest BCUT2D eigenvalue weighted by molar-refractivity contribution is 14.0. The van der Waals surface area contributed by atoms with Gasteiger partial charge in [-0.2, -0.15) is 0 Å². The first-order valence-electron chi connectivity index (χ1n) is 10.4. The molecule has 0 bridgehead atoms. The summed E-state index contributed by atoms with van der Waals surface area (Å²) in [6.07, 6.45) is 11.7. The van der Waals surface area contributed by atoms with Crippen molar-refractivity contribution in [1.29, 1.82) is 0 Å². The van der Waals surface area contributed by atoms with Gasteiger partial charge in [0.15, 0.2) is 5.96 Å². The third-order valence-corrected chi connectivity index (χ3v) is 7.45. The molecule has 0 radical (unpaired) electrons. The van der Waals surface area contributed by atoms with Crippen molar-refractivity contribution in [2.45, 2.75) is 57.2 Å². The van der Waals surface area contributed by atoms with Crippen LogP contribution in [-0.2, 0) is 4.74 Å². The zero-order valence-corrected chi connectivity index (χ0v) is 18.2. The zero-order chi connectivity index (χ0) is 16.9. The number of nitrogens with one attached hydrogen (secondary N) is 1. The van der Waals surface area contributed by atoms with E-state index in [1.807, 2.05) is 0 Å². The highest BCUT2D eigenvalue weighted by Crippen LogP contribution is 2.62. The lowest BCUT2D eigenvalue weighted by molar-refractivity contribution is -0.171. The Morgan fingerprint density at radius 1 is 1.27 bits per heavy atom. The Kier molecular flexibility index (Phi) is 5.54. The molecular weight excluding hydrogens is 439 g/mol. The van der Waals surface area contributed by atoms with E-state index in [1.54, 1.807) is 0 Å². The van der Waals surface area contributed by atoms with Crippen LogP contribution in [0.2, 0.25) is 0 Å².